The van der Waals surface area contributed by atoms with Gasteiger partial charge in [-0.15, -0.1) is 0 Å². The van der Waals surface area contributed by atoms with Crippen molar-refractivity contribution >= 4 is 79.6 Å². The number of benzene rings is 2. The summed E-state index contributed by atoms with van der Waals surface area (Å²) in [5.41, 5.74) is 0. The molecule has 0 saturated carbocycles. The molecule has 2 rings (SSSR count). The lowest BCUT2D eigenvalue weighted by Crippen LogP contribution is -1.88. The van der Waals surface area contributed by atoms with E-state index in [4.69, 9.17) is 4.74 Å². The SMILES string of the molecule is Oc1cc(Br)c(Br)cc1Oc1cc(Br)c(Br)cc1Br. The average molecular weight is 581 g/mol. The van der Waals surface area contributed by atoms with Gasteiger partial charge in [-0.3, -0.25) is 0 Å². The van der Waals surface area contributed by atoms with Crippen molar-refractivity contribution in [1.82, 2.24) is 0 Å². The fourth-order valence-corrected chi connectivity index (χ4v) is 3.35. The molecular weight excluding hydrogens is 576 g/mol. The molecule has 0 aliphatic carbocycles. The van der Waals surface area contributed by atoms with Gasteiger partial charge in [0, 0.05) is 17.9 Å². The first kappa shape index (κ1) is 15.8. The van der Waals surface area contributed by atoms with E-state index < -0.39 is 0 Å². The predicted octanol–water partition coefficient (Wildman–Crippen LogP) is 7.00. The Bertz CT molecular complexity index is 587. The summed E-state index contributed by atoms with van der Waals surface area (Å²) in [6, 6.07) is 6.94. The second-order valence-corrected chi connectivity index (χ2v) is 7.80. The van der Waals surface area contributed by atoms with Crippen molar-refractivity contribution in [2.75, 3.05) is 0 Å². The number of halogens is 5. The third kappa shape index (κ3) is 3.75. The number of ether oxygens (including phenoxy) is 1. The lowest BCUT2D eigenvalue weighted by Gasteiger charge is -2.11. The smallest absolute Gasteiger partial charge is 0.170 e. The number of phenolic OH excluding ortho intramolecular Hbond substituents is 1. The summed E-state index contributed by atoms with van der Waals surface area (Å²) in [6.07, 6.45) is 0. The number of rotatable bonds is 2. The van der Waals surface area contributed by atoms with Gasteiger partial charge < -0.3 is 9.84 Å². The normalized spacial score (nSPS) is 10.6. The standard InChI is InChI=1S/C12H5Br5O2/c13-5-1-9(17)11(3-7(5)15)19-12-4-8(16)6(14)2-10(12)18/h1-4,18H. The van der Waals surface area contributed by atoms with Crippen LogP contribution in [0.3, 0.4) is 0 Å². The molecule has 0 aromatic heterocycles. The summed E-state index contributed by atoms with van der Waals surface area (Å²) in [4.78, 5) is 0. The van der Waals surface area contributed by atoms with E-state index in [1.165, 1.54) is 0 Å². The Morgan fingerprint density at radius 3 is 1.74 bits per heavy atom. The zero-order chi connectivity index (χ0) is 14.2. The van der Waals surface area contributed by atoms with Gasteiger partial charge in [-0.2, -0.15) is 0 Å². The monoisotopic (exact) mass is 576 g/mol. The van der Waals surface area contributed by atoms with Crippen LogP contribution in [0.15, 0.2) is 46.6 Å². The molecule has 0 atom stereocenters. The molecule has 7 heteroatoms. The van der Waals surface area contributed by atoms with Crippen LogP contribution < -0.4 is 4.74 Å². The molecule has 100 valence electrons. The quantitative estimate of drug-likeness (QED) is 0.388. The van der Waals surface area contributed by atoms with E-state index >= 15 is 0 Å². The van der Waals surface area contributed by atoms with Crippen LogP contribution >= 0.6 is 79.6 Å². The van der Waals surface area contributed by atoms with E-state index in [1.54, 1.807) is 12.1 Å². The number of hydrogen-bond acceptors (Lipinski definition) is 2. The lowest BCUT2D eigenvalue weighted by atomic mass is 10.3. The molecule has 19 heavy (non-hydrogen) atoms. The van der Waals surface area contributed by atoms with E-state index in [2.05, 4.69) is 79.6 Å². The van der Waals surface area contributed by atoms with Gasteiger partial charge in [0.05, 0.1) is 4.47 Å². The highest BCUT2D eigenvalue weighted by Gasteiger charge is 2.12. The van der Waals surface area contributed by atoms with Crippen molar-refractivity contribution in [1.29, 1.82) is 0 Å². The van der Waals surface area contributed by atoms with Crippen molar-refractivity contribution in [3.63, 3.8) is 0 Å². The van der Waals surface area contributed by atoms with Crippen molar-refractivity contribution in [3.8, 4) is 17.2 Å². The van der Waals surface area contributed by atoms with Gasteiger partial charge in [0.15, 0.2) is 11.5 Å². The van der Waals surface area contributed by atoms with Gasteiger partial charge in [-0.25, -0.2) is 0 Å². The average Bonchev–Trinajstić information content (AvgIpc) is 2.32. The Morgan fingerprint density at radius 2 is 1.11 bits per heavy atom. The van der Waals surface area contributed by atoms with Gasteiger partial charge >= 0.3 is 0 Å². The van der Waals surface area contributed by atoms with Crippen LogP contribution in [0.5, 0.6) is 17.2 Å². The molecule has 0 spiro atoms. The maximum absolute atomic E-state index is 9.88. The highest BCUT2D eigenvalue weighted by atomic mass is 79.9. The van der Waals surface area contributed by atoms with Crippen LogP contribution in [0.1, 0.15) is 0 Å². The predicted molar refractivity (Wildman–Crippen MR) is 93.1 cm³/mol. The molecular formula is C12H5Br5O2. The second-order valence-electron chi connectivity index (χ2n) is 3.53. The fraction of sp³-hybridized carbons (Fsp3) is 0. The Labute approximate surface area is 152 Å². The molecule has 0 amide bonds. The van der Waals surface area contributed by atoms with Crippen LogP contribution in [-0.4, -0.2) is 5.11 Å². The zero-order valence-electron chi connectivity index (χ0n) is 9.05. The minimum atomic E-state index is 0.0565. The molecule has 2 aromatic rings. The number of hydrogen-bond donors (Lipinski definition) is 1. The molecule has 0 radical (unpaired) electrons. The van der Waals surface area contributed by atoms with Crippen LogP contribution in [0.25, 0.3) is 0 Å². The number of aromatic hydroxyl groups is 1. The summed E-state index contributed by atoms with van der Waals surface area (Å²) < 4.78 is 9.82. The molecule has 0 bridgehead atoms. The summed E-state index contributed by atoms with van der Waals surface area (Å²) in [7, 11) is 0. The largest absolute Gasteiger partial charge is 0.504 e. The van der Waals surface area contributed by atoms with Crippen LogP contribution in [0.2, 0.25) is 0 Å². The molecule has 1 N–H and O–H groups in total. The van der Waals surface area contributed by atoms with Crippen LogP contribution in [-0.2, 0) is 0 Å². The molecule has 0 heterocycles. The maximum atomic E-state index is 9.88. The van der Waals surface area contributed by atoms with Crippen molar-refractivity contribution in [2.24, 2.45) is 0 Å². The second kappa shape index (κ2) is 6.47. The fourth-order valence-electron chi connectivity index (χ4n) is 1.30. The van der Waals surface area contributed by atoms with E-state index in [0.29, 0.717) is 11.5 Å². The Morgan fingerprint density at radius 1 is 0.632 bits per heavy atom. The van der Waals surface area contributed by atoms with E-state index in [1.807, 2.05) is 12.1 Å². The van der Waals surface area contributed by atoms with Gasteiger partial charge in [0.25, 0.3) is 0 Å². The Hall–Kier alpha value is 0.440. The molecule has 0 saturated heterocycles. The molecule has 0 aliphatic rings. The highest BCUT2D eigenvalue weighted by molar-refractivity contribution is 9.13. The van der Waals surface area contributed by atoms with Crippen molar-refractivity contribution in [2.45, 2.75) is 0 Å². The molecule has 2 nitrogen and oxygen atoms in total. The maximum Gasteiger partial charge on any atom is 0.170 e. The third-order valence-electron chi connectivity index (χ3n) is 2.20. The van der Waals surface area contributed by atoms with Gasteiger partial charge in [-0.1, -0.05) is 0 Å². The van der Waals surface area contributed by atoms with Crippen LogP contribution in [0, 0.1) is 0 Å². The van der Waals surface area contributed by atoms with Crippen molar-refractivity contribution in [3.05, 3.63) is 46.6 Å². The Kier molecular flexibility index (Phi) is 5.39. The van der Waals surface area contributed by atoms with E-state index in [-0.39, 0.29) is 5.75 Å². The summed E-state index contributed by atoms with van der Waals surface area (Å²) in [5, 5.41) is 9.88. The van der Waals surface area contributed by atoms with Gasteiger partial charge in [0.1, 0.15) is 5.75 Å². The molecule has 2 aromatic carbocycles. The lowest BCUT2D eigenvalue weighted by molar-refractivity contribution is 0.409. The minimum absolute atomic E-state index is 0.0565. The van der Waals surface area contributed by atoms with E-state index in [0.717, 1.165) is 22.4 Å². The first-order valence-electron chi connectivity index (χ1n) is 4.89. The number of phenols is 1. The molecule has 0 aliphatic heterocycles. The van der Waals surface area contributed by atoms with Gasteiger partial charge in [-0.05, 0) is 104 Å². The Balaban J connectivity index is 2.42. The zero-order valence-corrected chi connectivity index (χ0v) is 17.0. The summed E-state index contributed by atoms with van der Waals surface area (Å²) in [5.74, 6) is 1.02. The van der Waals surface area contributed by atoms with Crippen LogP contribution in [0.4, 0.5) is 0 Å². The first-order valence-corrected chi connectivity index (χ1v) is 8.85. The third-order valence-corrected chi connectivity index (χ3v) is 6.50. The topological polar surface area (TPSA) is 29.5 Å². The van der Waals surface area contributed by atoms with Gasteiger partial charge in [0.2, 0.25) is 0 Å². The summed E-state index contributed by atoms with van der Waals surface area (Å²) in [6.45, 7) is 0. The first-order chi connectivity index (χ1) is 8.88. The molecule has 0 unspecified atom stereocenters. The highest BCUT2D eigenvalue weighted by Crippen LogP contribution is 2.41. The van der Waals surface area contributed by atoms with E-state index in [9.17, 15) is 5.11 Å². The minimum Gasteiger partial charge on any atom is -0.504 e. The molecule has 0 fully saturated rings. The van der Waals surface area contributed by atoms with Crippen molar-refractivity contribution < 1.29 is 9.84 Å². The summed E-state index contributed by atoms with van der Waals surface area (Å²) >= 11 is 16.9.